The van der Waals surface area contributed by atoms with Crippen LogP contribution in [0.15, 0.2) is 54.0 Å². The molecule has 1 aliphatic rings. The number of ether oxygens (including phenoxy) is 1. The standard InChI is InChI=1S/C24H24FN9O/c1-15-10-16(2-3-19(15)35-17-4-5-28-20(11-17)30-13-26)33-23-21-18(31-14-32-23)12-29-24(22(21)25)34-8-6-27-7-9-34/h2-5,10-14,27H,6-9H2,1H3,(H2,26,28,30)(H,31,32,33). The van der Waals surface area contributed by atoms with Gasteiger partial charge in [-0.05, 0) is 36.8 Å². The van der Waals surface area contributed by atoms with Crippen molar-refractivity contribution in [3.63, 3.8) is 0 Å². The third-order valence-corrected chi connectivity index (χ3v) is 5.61. The molecule has 0 radical (unpaired) electrons. The van der Waals surface area contributed by atoms with Gasteiger partial charge in [-0.1, -0.05) is 0 Å². The molecule has 1 aliphatic heterocycles. The van der Waals surface area contributed by atoms with Gasteiger partial charge in [0.2, 0.25) is 0 Å². The minimum atomic E-state index is -0.433. The average Bonchev–Trinajstić information content (AvgIpc) is 2.87. The molecule has 5 rings (SSSR count). The Labute approximate surface area is 201 Å². The topological polar surface area (TPSA) is 126 Å². The first kappa shape index (κ1) is 22.4. The van der Waals surface area contributed by atoms with Crippen LogP contribution in [-0.2, 0) is 0 Å². The molecule has 4 aromatic rings. The maximum atomic E-state index is 15.6. The van der Waals surface area contributed by atoms with Crippen LogP contribution in [0.25, 0.3) is 10.9 Å². The second-order valence-electron chi connectivity index (χ2n) is 7.95. The van der Waals surface area contributed by atoms with Crippen molar-refractivity contribution in [1.29, 1.82) is 0 Å². The number of benzene rings is 1. The van der Waals surface area contributed by atoms with E-state index in [1.807, 2.05) is 30.0 Å². The second kappa shape index (κ2) is 9.85. The third kappa shape index (κ3) is 4.80. The van der Waals surface area contributed by atoms with Crippen molar-refractivity contribution in [2.75, 3.05) is 36.4 Å². The van der Waals surface area contributed by atoms with Crippen molar-refractivity contribution in [2.24, 2.45) is 10.7 Å². The van der Waals surface area contributed by atoms with Crippen molar-refractivity contribution in [3.8, 4) is 11.5 Å². The number of halogens is 1. The lowest BCUT2D eigenvalue weighted by Crippen LogP contribution is -2.44. The number of aryl methyl sites for hydroxylation is 1. The zero-order valence-corrected chi connectivity index (χ0v) is 19.1. The second-order valence-corrected chi connectivity index (χ2v) is 7.95. The number of anilines is 3. The number of nitrogens with zero attached hydrogens (tertiary/aromatic N) is 6. The van der Waals surface area contributed by atoms with E-state index in [0.717, 1.165) is 24.3 Å². The van der Waals surface area contributed by atoms with E-state index < -0.39 is 5.82 Å². The quantitative estimate of drug-likeness (QED) is 0.285. The SMILES string of the molecule is Cc1cc(Nc2ncnc3cnc(N4CCNCC4)c(F)c23)ccc1Oc1ccnc(N=CN)c1. The summed E-state index contributed by atoms with van der Waals surface area (Å²) in [5.41, 5.74) is 7.38. The van der Waals surface area contributed by atoms with Gasteiger partial charge in [0, 0.05) is 44.1 Å². The molecular formula is C24H24FN9O. The van der Waals surface area contributed by atoms with Gasteiger partial charge < -0.3 is 26.0 Å². The highest BCUT2D eigenvalue weighted by Gasteiger charge is 2.21. The molecule has 0 bridgehead atoms. The highest BCUT2D eigenvalue weighted by atomic mass is 19.1. The molecule has 4 N–H and O–H groups in total. The van der Waals surface area contributed by atoms with Crippen molar-refractivity contribution in [2.45, 2.75) is 6.92 Å². The van der Waals surface area contributed by atoms with Gasteiger partial charge in [0.1, 0.15) is 23.6 Å². The van der Waals surface area contributed by atoms with Gasteiger partial charge in [-0.15, -0.1) is 0 Å². The molecule has 0 aliphatic carbocycles. The fraction of sp³-hybridized carbons (Fsp3) is 0.208. The molecule has 0 saturated carbocycles. The molecule has 178 valence electrons. The Balaban J connectivity index is 1.42. The lowest BCUT2D eigenvalue weighted by atomic mass is 10.2. The summed E-state index contributed by atoms with van der Waals surface area (Å²) in [6.07, 6.45) is 5.76. The Morgan fingerprint density at radius 3 is 2.80 bits per heavy atom. The van der Waals surface area contributed by atoms with E-state index in [9.17, 15) is 0 Å². The Morgan fingerprint density at radius 1 is 1.14 bits per heavy atom. The van der Waals surface area contributed by atoms with Gasteiger partial charge in [-0.25, -0.2) is 29.3 Å². The van der Waals surface area contributed by atoms with E-state index in [0.29, 0.717) is 52.9 Å². The number of nitrogens with one attached hydrogen (secondary N) is 2. The van der Waals surface area contributed by atoms with Crippen LogP contribution >= 0.6 is 0 Å². The number of fused-ring (bicyclic) bond motifs is 1. The number of rotatable bonds is 6. The summed E-state index contributed by atoms with van der Waals surface area (Å²) in [7, 11) is 0. The highest BCUT2D eigenvalue weighted by molar-refractivity contribution is 5.92. The monoisotopic (exact) mass is 473 g/mol. The van der Waals surface area contributed by atoms with E-state index in [2.05, 4.69) is 35.6 Å². The lowest BCUT2D eigenvalue weighted by molar-refractivity contribution is 0.478. The summed E-state index contributed by atoms with van der Waals surface area (Å²) in [5.74, 6) is 1.95. The summed E-state index contributed by atoms with van der Waals surface area (Å²) < 4.78 is 21.6. The Morgan fingerprint density at radius 2 is 2.00 bits per heavy atom. The van der Waals surface area contributed by atoms with Crippen LogP contribution < -0.4 is 26.0 Å². The van der Waals surface area contributed by atoms with E-state index in [-0.39, 0.29) is 0 Å². The first-order chi connectivity index (χ1) is 17.1. The summed E-state index contributed by atoms with van der Waals surface area (Å²) in [5, 5.41) is 6.80. The van der Waals surface area contributed by atoms with Gasteiger partial charge in [0.15, 0.2) is 17.5 Å². The molecule has 11 heteroatoms. The van der Waals surface area contributed by atoms with Gasteiger partial charge in [0.25, 0.3) is 0 Å². The molecular weight excluding hydrogens is 449 g/mol. The van der Waals surface area contributed by atoms with Crippen molar-refractivity contribution >= 4 is 40.4 Å². The van der Waals surface area contributed by atoms with Gasteiger partial charge in [-0.3, -0.25) is 0 Å². The van der Waals surface area contributed by atoms with Crippen LogP contribution in [0, 0.1) is 12.7 Å². The maximum Gasteiger partial charge on any atom is 0.178 e. The molecule has 1 aromatic carbocycles. The van der Waals surface area contributed by atoms with Crippen LogP contribution in [0.2, 0.25) is 0 Å². The molecule has 1 saturated heterocycles. The number of aliphatic imine (C=N–C) groups is 1. The Kier molecular flexibility index (Phi) is 6.31. The Hall–Kier alpha value is -4.38. The number of hydrogen-bond acceptors (Lipinski definition) is 9. The normalized spacial score (nSPS) is 13.9. The van der Waals surface area contributed by atoms with Gasteiger partial charge >= 0.3 is 0 Å². The Bertz CT molecular complexity index is 1390. The van der Waals surface area contributed by atoms with Crippen molar-refractivity contribution in [3.05, 3.63) is 60.4 Å². The average molecular weight is 474 g/mol. The molecule has 0 unspecified atom stereocenters. The minimum absolute atomic E-state index is 0.304. The fourth-order valence-electron chi connectivity index (χ4n) is 3.91. The van der Waals surface area contributed by atoms with Crippen LogP contribution in [-0.4, -0.2) is 52.5 Å². The highest BCUT2D eigenvalue weighted by Crippen LogP contribution is 2.32. The predicted molar refractivity (Wildman–Crippen MR) is 133 cm³/mol. The zero-order valence-electron chi connectivity index (χ0n) is 19.1. The lowest BCUT2D eigenvalue weighted by Gasteiger charge is -2.28. The number of aromatic nitrogens is 4. The fourth-order valence-corrected chi connectivity index (χ4v) is 3.91. The summed E-state index contributed by atoms with van der Waals surface area (Å²) >= 11 is 0. The third-order valence-electron chi connectivity index (χ3n) is 5.61. The van der Waals surface area contributed by atoms with Crippen LogP contribution in [0.4, 0.5) is 27.5 Å². The molecule has 1 fully saturated rings. The predicted octanol–water partition coefficient (Wildman–Crippen LogP) is 3.43. The number of nitrogens with two attached hydrogens (primary N) is 1. The van der Waals surface area contributed by atoms with E-state index in [1.54, 1.807) is 24.5 Å². The smallest absolute Gasteiger partial charge is 0.178 e. The van der Waals surface area contributed by atoms with Crippen LogP contribution in [0.1, 0.15) is 5.56 Å². The minimum Gasteiger partial charge on any atom is -0.457 e. The van der Waals surface area contributed by atoms with E-state index in [4.69, 9.17) is 10.5 Å². The molecule has 3 aromatic heterocycles. The first-order valence-electron chi connectivity index (χ1n) is 11.1. The van der Waals surface area contributed by atoms with E-state index in [1.165, 1.54) is 12.7 Å². The van der Waals surface area contributed by atoms with Crippen LogP contribution in [0.3, 0.4) is 0 Å². The zero-order chi connectivity index (χ0) is 24.2. The van der Waals surface area contributed by atoms with Gasteiger partial charge in [0.05, 0.1) is 23.4 Å². The molecule has 0 spiro atoms. The largest absolute Gasteiger partial charge is 0.457 e. The number of piperazine rings is 1. The van der Waals surface area contributed by atoms with Gasteiger partial charge in [-0.2, -0.15) is 0 Å². The summed E-state index contributed by atoms with van der Waals surface area (Å²) in [6.45, 7) is 4.86. The molecule has 10 nitrogen and oxygen atoms in total. The molecule has 0 amide bonds. The van der Waals surface area contributed by atoms with Crippen molar-refractivity contribution < 1.29 is 9.13 Å². The summed E-state index contributed by atoms with van der Waals surface area (Å²) in [4.78, 5) is 22.8. The van der Waals surface area contributed by atoms with Crippen molar-refractivity contribution in [1.82, 2.24) is 25.3 Å². The maximum absolute atomic E-state index is 15.6. The molecule has 35 heavy (non-hydrogen) atoms. The number of pyridine rings is 2. The number of hydrogen-bond donors (Lipinski definition) is 3. The van der Waals surface area contributed by atoms with E-state index >= 15 is 4.39 Å². The molecule has 4 heterocycles. The molecule has 0 atom stereocenters. The first-order valence-corrected chi connectivity index (χ1v) is 11.1. The van der Waals surface area contributed by atoms with Crippen LogP contribution in [0.5, 0.6) is 11.5 Å². The summed E-state index contributed by atoms with van der Waals surface area (Å²) in [6, 6.07) is 9.00.